The summed E-state index contributed by atoms with van der Waals surface area (Å²) in [5.41, 5.74) is 2.36. The Morgan fingerprint density at radius 3 is 2.35 bits per heavy atom. The molecule has 0 bridgehead atoms. The zero-order valence-corrected chi connectivity index (χ0v) is 19.1. The maximum atomic E-state index is 13.1. The lowest BCUT2D eigenvalue weighted by Gasteiger charge is -2.11. The molecule has 0 saturated heterocycles. The third kappa shape index (κ3) is 6.17. The van der Waals surface area contributed by atoms with Gasteiger partial charge in [0, 0.05) is 19.2 Å². The molecule has 0 saturated carbocycles. The van der Waals surface area contributed by atoms with Crippen LogP contribution in [-0.2, 0) is 26.9 Å². The van der Waals surface area contributed by atoms with Gasteiger partial charge in [-0.15, -0.1) is 0 Å². The number of para-hydroxylation sites is 2. The van der Waals surface area contributed by atoms with Gasteiger partial charge >= 0.3 is 0 Å². The number of benzene rings is 2. The maximum absolute atomic E-state index is 13.1. The van der Waals surface area contributed by atoms with Gasteiger partial charge in [-0.1, -0.05) is 51.2 Å². The van der Waals surface area contributed by atoms with Crippen LogP contribution >= 0.6 is 0 Å². The summed E-state index contributed by atoms with van der Waals surface area (Å²) in [4.78, 5) is 16.0. The molecule has 6 nitrogen and oxygen atoms in total. The molecule has 0 spiro atoms. The van der Waals surface area contributed by atoms with Gasteiger partial charge in [0.1, 0.15) is 11.6 Å². The van der Waals surface area contributed by atoms with Gasteiger partial charge in [0.15, 0.2) is 9.84 Å². The molecule has 0 atom stereocenters. The number of imidazole rings is 1. The Kier molecular flexibility index (Phi) is 7.85. The predicted molar refractivity (Wildman–Crippen MR) is 125 cm³/mol. The number of nitrogens with zero attached hydrogens (tertiary/aromatic N) is 2. The molecule has 1 aromatic heterocycles. The number of unbranched alkanes of at least 4 members (excludes halogenated alkanes) is 5. The molecule has 166 valence electrons. The van der Waals surface area contributed by atoms with Gasteiger partial charge in [-0.2, -0.15) is 0 Å². The van der Waals surface area contributed by atoms with Crippen molar-refractivity contribution in [2.45, 2.75) is 69.6 Å². The lowest BCUT2D eigenvalue weighted by Crippen LogP contribution is -2.12. The van der Waals surface area contributed by atoms with Crippen LogP contribution < -0.4 is 5.32 Å². The second-order valence-electron chi connectivity index (χ2n) is 7.90. The van der Waals surface area contributed by atoms with E-state index in [2.05, 4.69) is 21.8 Å². The number of rotatable bonds is 11. The van der Waals surface area contributed by atoms with E-state index in [1.165, 1.54) is 44.7 Å². The molecule has 7 heteroatoms. The van der Waals surface area contributed by atoms with Crippen LogP contribution in [0.2, 0.25) is 0 Å². The molecule has 3 rings (SSSR count). The number of hydrogen-bond donors (Lipinski definition) is 1. The first-order valence-corrected chi connectivity index (χ1v) is 12.6. The van der Waals surface area contributed by atoms with Crippen molar-refractivity contribution < 1.29 is 13.2 Å². The second-order valence-corrected chi connectivity index (χ2v) is 9.89. The van der Waals surface area contributed by atoms with Crippen molar-refractivity contribution in [2.24, 2.45) is 0 Å². The number of anilines is 1. The third-order valence-corrected chi connectivity index (χ3v) is 6.95. The number of nitrogens with one attached hydrogen (secondary N) is 1. The van der Waals surface area contributed by atoms with E-state index in [0.717, 1.165) is 30.4 Å². The van der Waals surface area contributed by atoms with Gasteiger partial charge in [-0.05, 0) is 42.8 Å². The van der Waals surface area contributed by atoms with Gasteiger partial charge in [0.25, 0.3) is 0 Å². The van der Waals surface area contributed by atoms with Crippen LogP contribution in [0.3, 0.4) is 0 Å². The molecule has 0 aliphatic carbocycles. The minimum Gasteiger partial charge on any atom is -0.327 e. The average molecular weight is 442 g/mol. The summed E-state index contributed by atoms with van der Waals surface area (Å²) in [6, 6.07) is 14.1. The zero-order chi connectivity index (χ0) is 22.3. The number of carbonyl (C=O) groups excluding carboxylic acids is 1. The van der Waals surface area contributed by atoms with E-state index >= 15 is 0 Å². The number of aryl methyl sites for hydroxylation is 1. The third-order valence-electron chi connectivity index (χ3n) is 5.32. The molecule has 1 N–H and O–H groups in total. The van der Waals surface area contributed by atoms with E-state index in [1.54, 1.807) is 12.1 Å². The summed E-state index contributed by atoms with van der Waals surface area (Å²) in [7, 11) is -3.57. The van der Waals surface area contributed by atoms with Crippen LogP contribution in [0.5, 0.6) is 0 Å². The van der Waals surface area contributed by atoms with Crippen LogP contribution in [0.1, 0.15) is 58.2 Å². The van der Waals surface area contributed by atoms with Crippen molar-refractivity contribution in [3.63, 3.8) is 0 Å². The van der Waals surface area contributed by atoms with Gasteiger partial charge < -0.3 is 9.88 Å². The highest BCUT2D eigenvalue weighted by Gasteiger charge is 2.20. The fraction of sp³-hybridized carbons (Fsp3) is 0.417. The van der Waals surface area contributed by atoms with E-state index in [1.807, 2.05) is 24.3 Å². The van der Waals surface area contributed by atoms with Crippen molar-refractivity contribution in [3.8, 4) is 0 Å². The van der Waals surface area contributed by atoms with Crippen LogP contribution in [0, 0.1) is 0 Å². The van der Waals surface area contributed by atoms with Crippen LogP contribution in [-0.4, -0.2) is 23.9 Å². The molecule has 0 fully saturated rings. The first-order valence-electron chi connectivity index (χ1n) is 11.0. The lowest BCUT2D eigenvalue weighted by molar-refractivity contribution is -0.114. The number of sulfone groups is 1. The summed E-state index contributed by atoms with van der Waals surface area (Å²) in [6.07, 6.45) is 7.07. The van der Waals surface area contributed by atoms with E-state index in [0.29, 0.717) is 11.5 Å². The maximum Gasteiger partial charge on any atom is 0.221 e. The molecule has 0 aliphatic heterocycles. The average Bonchev–Trinajstić information content (AvgIpc) is 3.07. The van der Waals surface area contributed by atoms with E-state index in [9.17, 15) is 13.2 Å². The molecule has 1 heterocycles. The highest BCUT2D eigenvalue weighted by Crippen LogP contribution is 2.23. The second kappa shape index (κ2) is 10.6. The molecule has 0 unspecified atom stereocenters. The SMILES string of the molecule is CCCCCCCCn1c(CS(=O)(=O)c2ccc(NC(C)=O)cc2)nc2ccccc21. The smallest absolute Gasteiger partial charge is 0.221 e. The van der Waals surface area contributed by atoms with Crippen LogP contribution in [0.4, 0.5) is 5.69 Å². The molecule has 0 radical (unpaired) electrons. The molecule has 3 aromatic rings. The Balaban J connectivity index is 1.78. The Morgan fingerprint density at radius 1 is 0.968 bits per heavy atom. The van der Waals surface area contributed by atoms with Crippen LogP contribution in [0.25, 0.3) is 11.0 Å². The Hall–Kier alpha value is -2.67. The summed E-state index contributed by atoms with van der Waals surface area (Å²) in [5, 5.41) is 2.65. The largest absolute Gasteiger partial charge is 0.327 e. The quantitative estimate of drug-likeness (QED) is 0.408. The van der Waals surface area contributed by atoms with Gasteiger partial charge in [-0.3, -0.25) is 4.79 Å². The van der Waals surface area contributed by atoms with Gasteiger partial charge in [0.2, 0.25) is 5.91 Å². The molecular weight excluding hydrogens is 410 g/mol. The summed E-state index contributed by atoms with van der Waals surface area (Å²) in [5.74, 6) is 0.219. The van der Waals surface area contributed by atoms with Gasteiger partial charge in [0.05, 0.1) is 15.9 Å². The molecule has 2 aromatic carbocycles. The predicted octanol–water partition coefficient (Wildman–Crippen LogP) is 5.33. The van der Waals surface area contributed by atoms with Crippen molar-refractivity contribution in [2.75, 3.05) is 5.32 Å². The number of carbonyl (C=O) groups is 1. The zero-order valence-electron chi connectivity index (χ0n) is 18.3. The summed E-state index contributed by atoms with van der Waals surface area (Å²) in [6.45, 7) is 4.38. The van der Waals surface area contributed by atoms with Gasteiger partial charge in [-0.25, -0.2) is 13.4 Å². The van der Waals surface area contributed by atoms with Crippen molar-refractivity contribution in [1.29, 1.82) is 0 Å². The van der Waals surface area contributed by atoms with E-state index < -0.39 is 9.84 Å². The van der Waals surface area contributed by atoms with E-state index in [4.69, 9.17) is 0 Å². The minimum atomic E-state index is -3.57. The normalized spacial score (nSPS) is 11.7. The van der Waals surface area contributed by atoms with Crippen molar-refractivity contribution in [1.82, 2.24) is 9.55 Å². The molecular formula is C24H31N3O3S. The summed E-state index contributed by atoms with van der Waals surface area (Å²) >= 11 is 0. The first kappa shape index (κ1) is 23.0. The molecule has 0 aliphatic rings. The monoisotopic (exact) mass is 441 g/mol. The molecule has 31 heavy (non-hydrogen) atoms. The number of hydrogen-bond acceptors (Lipinski definition) is 4. The Labute approximate surface area is 184 Å². The van der Waals surface area contributed by atoms with Crippen molar-refractivity contribution in [3.05, 3.63) is 54.4 Å². The summed E-state index contributed by atoms with van der Waals surface area (Å²) < 4.78 is 28.2. The van der Waals surface area contributed by atoms with E-state index in [-0.39, 0.29) is 16.6 Å². The first-order chi connectivity index (χ1) is 14.9. The highest BCUT2D eigenvalue weighted by atomic mass is 32.2. The van der Waals surface area contributed by atoms with Crippen molar-refractivity contribution >= 4 is 32.5 Å². The minimum absolute atomic E-state index is 0.156. The Morgan fingerprint density at radius 2 is 1.65 bits per heavy atom. The highest BCUT2D eigenvalue weighted by molar-refractivity contribution is 7.90. The number of fused-ring (bicyclic) bond motifs is 1. The lowest BCUT2D eigenvalue weighted by atomic mass is 10.1. The fourth-order valence-corrected chi connectivity index (χ4v) is 5.02. The standard InChI is InChI=1S/C24H31N3O3S/c1-3-4-5-6-7-10-17-27-23-12-9-8-11-22(23)26-24(27)18-31(29,30)21-15-13-20(14-16-21)25-19(2)28/h8-9,11-16H,3-7,10,17-18H2,1-2H3,(H,25,28). The van der Waals surface area contributed by atoms with Crippen LogP contribution in [0.15, 0.2) is 53.4 Å². The number of aromatic nitrogens is 2. The topological polar surface area (TPSA) is 81.1 Å². The fourth-order valence-electron chi connectivity index (χ4n) is 3.74. The molecule has 1 amide bonds. The Bertz CT molecular complexity index is 1120. The number of amides is 1.